The summed E-state index contributed by atoms with van der Waals surface area (Å²) in [5.41, 5.74) is 1.41. The van der Waals surface area contributed by atoms with Crippen LogP contribution >= 0.6 is 0 Å². The van der Waals surface area contributed by atoms with E-state index in [0.717, 1.165) is 5.56 Å². The van der Waals surface area contributed by atoms with Crippen LogP contribution in [0.3, 0.4) is 0 Å². The molecule has 0 fully saturated rings. The average molecular weight is 291 g/mol. The van der Waals surface area contributed by atoms with Crippen LogP contribution in [0, 0.1) is 0 Å². The lowest BCUT2D eigenvalue weighted by Crippen LogP contribution is -2.25. The Morgan fingerprint density at radius 2 is 1.86 bits per heavy atom. The largest absolute Gasteiger partial charge is 0.435 e. The number of ether oxygens (including phenoxy) is 1. The SMILES string of the molecule is O=C(NCCc1cccc(OC(F)F)c1)c1ccccc1. The zero-order chi connectivity index (χ0) is 15.1. The van der Waals surface area contributed by atoms with E-state index in [9.17, 15) is 13.6 Å². The van der Waals surface area contributed by atoms with E-state index in [0.29, 0.717) is 18.5 Å². The third-order valence-electron chi connectivity index (χ3n) is 2.86. The molecule has 0 atom stereocenters. The molecular weight excluding hydrogens is 276 g/mol. The van der Waals surface area contributed by atoms with Crippen LogP contribution in [0.2, 0.25) is 0 Å². The maximum atomic E-state index is 12.1. The highest BCUT2D eigenvalue weighted by atomic mass is 19.3. The van der Waals surface area contributed by atoms with Gasteiger partial charge in [0.15, 0.2) is 0 Å². The van der Waals surface area contributed by atoms with Gasteiger partial charge in [0.1, 0.15) is 5.75 Å². The molecule has 2 aromatic rings. The third-order valence-corrected chi connectivity index (χ3v) is 2.86. The molecule has 1 N–H and O–H groups in total. The summed E-state index contributed by atoms with van der Waals surface area (Å²) >= 11 is 0. The summed E-state index contributed by atoms with van der Waals surface area (Å²) < 4.78 is 28.6. The zero-order valence-electron chi connectivity index (χ0n) is 11.3. The summed E-state index contributed by atoms with van der Waals surface area (Å²) in [7, 11) is 0. The molecule has 110 valence electrons. The van der Waals surface area contributed by atoms with E-state index in [4.69, 9.17) is 0 Å². The van der Waals surface area contributed by atoms with E-state index in [2.05, 4.69) is 10.1 Å². The van der Waals surface area contributed by atoms with Crippen LogP contribution in [0.15, 0.2) is 54.6 Å². The Hall–Kier alpha value is -2.43. The predicted octanol–water partition coefficient (Wildman–Crippen LogP) is 3.26. The van der Waals surface area contributed by atoms with Crippen molar-refractivity contribution in [3.63, 3.8) is 0 Å². The molecule has 5 heteroatoms. The quantitative estimate of drug-likeness (QED) is 0.887. The average Bonchev–Trinajstić information content (AvgIpc) is 2.48. The fourth-order valence-corrected chi connectivity index (χ4v) is 1.89. The minimum Gasteiger partial charge on any atom is -0.435 e. The lowest BCUT2D eigenvalue weighted by Gasteiger charge is -2.08. The van der Waals surface area contributed by atoms with E-state index in [-0.39, 0.29) is 11.7 Å². The van der Waals surface area contributed by atoms with Gasteiger partial charge in [-0.25, -0.2) is 0 Å². The second-order valence-electron chi connectivity index (χ2n) is 4.40. The molecule has 3 nitrogen and oxygen atoms in total. The molecule has 21 heavy (non-hydrogen) atoms. The number of alkyl halides is 2. The highest BCUT2D eigenvalue weighted by Gasteiger charge is 2.06. The maximum absolute atomic E-state index is 12.1. The summed E-state index contributed by atoms with van der Waals surface area (Å²) in [5.74, 6) is -0.0347. The van der Waals surface area contributed by atoms with Crippen LogP contribution in [-0.4, -0.2) is 19.1 Å². The van der Waals surface area contributed by atoms with Crippen LogP contribution in [0.1, 0.15) is 15.9 Å². The minimum atomic E-state index is -2.84. The number of rotatable bonds is 6. The Labute approximate surface area is 121 Å². The van der Waals surface area contributed by atoms with Crippen LogP contribution in [0.25, 0.3) is 0 Å². The van der Waals surface area contributed by atoms with Gasteiger partial charge < -0.3 is 10.1 Å². The normalized spacial score (nSPS) is 10.4. The molecule has 0 aromatic heterocycles. The first kappa shape index (κ1) is 15.0. The van der Waals surface area contributed by atoms with Crippen molar-refractivity contribution in [3.05, 3.63) is 65.7 Å². The number of hydrogen-bond acceptors (Lipinski definition) is 2. The zero-order valence-corrected chi connectivity index (χ0v) is 11.3. The lowest BCUT2D eigenvalue weighted by atomic mass is 10.1. The molecule has 0 spiro atoms. The van der Waals surface area contributed by atoms with Crippen molar-refractivity contribution < 1.29 is 18.3 Å². The number of nitrogens with one attached hydrogen (secondary N) is 1. The monoisotopic (exact) mass is 291 g/mol. The van der Waals surface area contributed by atoms with Gasteiger partial charge in [0.05, 0.1) is 0 Å². The second kappa shape index (κ2) is 7.38. The van der Waals surface area contributed by atoms with Gasteiger partial charge in [-0.1, -0.05) is 30.3 Å². The maximum Gasteiger partial charge on any atom is 0.387 e. The fourth-order valence-electron chi connectivity index (χ4n) is 1.89. The molecule has 0 aliphatic rings. The Balaban J connectivity index is 1.85. The van der Waals surface area contributed by atoms with Crippen molar-refractivity contribution in [1.29, 1.82) is 0 Å². The molecule has 0 heterocycles. The summed E-state index contributed by atoms with van der Waals surface area (Å²) in [4.78, 5) is 11.8. The Bertz CT molecular complexity index is 588. The van der Waals surface area contributed by atoms with Gasteiger partial charge in [-0.2, -0.15) is 8.78 Å². The smallest absolute Gasteiger partial charge is 0.387 e. The van der Waals surface area contributed by atoms with E-state index in [1.54, 1.807) is 42.5 Å². The highest BCUT2D eigenvalue weighted by Crippen LogP contribution is 2.16. The summed E-state index contributed by atoms with van der Waals surface area (Å²) in [6, 6.07) is 15.3. The minimum absolute atomic E-state index is 0.122. The molecule has 0 unspecified atom stereocenters. The summed E-state index contributed by atoms with van der Waals surface area (Å²) in [5, 5.41) is 2.78. The van der Waals surface area contributed by atoms with Gasteiger partial charge in [0, 0.05) is 12.1 Å². The van der Waals surface area contributed by atoms with Gasteiger partial charge in [-0.05, 0) is 36.2 Å². The first-order chi connectivity index (χ1) is 10.1. The van der Waals surface area contributed by atoms with E-state index >= 15 is 0 Å². The number of benzene rings is 2. The van der Waals surface area contributed by atoms with Gasteiger partial charge in [-0.3, -0.25) is 4.79 Å². The van der Waals surface area contributed by atoms with E-state index in [1.807, 2.05) is 6.07 Å². The second-order valence-corrected chi connectivity index (χ2v) is 4.40. The van der Waals surface area contributed by atoms with Crippen LogP contribution in [-0.2, 0) is 6.42 Å². The number of hydrogen-bond donors (Lipinski definition) is 1. The van der Waals surface area contributed by atoms with Crippen LogP contribution in [0.5, 0.6) is 5.75 Å². The van der Waals surface area contributed by atoms with Crippen molar-refractivity contribution in [1.82, 2.24) is 5.32 Å². The highest BCUT2D eigenvalue weighted by molar-refractivity contribution is 5.94. The van der Waals surface area contributed by atoms with Crippen molar-refractivity contribution in [2.75, 3.05) is 6.54 Å². The van der Waals surface area contributed by atoms with E-state index < -0.39 is 6.61 Å². The van der Waals surface area contributed by atoms with Crippen molar-refractivity contribution in [2.45, 2.75) is 13.0 Å². The third kappa shape index (κ3) is 4.87. The van der Waals surface area contributed by atoms with E-state index in [1.165, 1.54) is 6.07 Å². The lowest BCUT2D eigenvalue weighted by molar-refractivity contribution is -0.0498. The van der Waals surface area contributed by atoms with Crippen LogP contribution < -0.4 is 10.1 Å². The molecule has 0 saturated heterocycles. The first-order valence-electron chi connectivity index (χ1n) is 6.52. The fraction of sp³-hybridized carbons (Fsp3) is 0.188. The Morgan fingerprint density at radius 1 is 1.10 bits per heavy atom. The molecule has 1 amide bonds. The van der Waals surface area contributed by atoms with Gasteiger partial charge >= 0.3 is 6.61 Å². The summed E-state index contributed by atoms with van der Waals surface area (Å²) in [6.45, 7) is -2.41. The molecule has 2 aromatic carbocycles. The number of halogens is 2. The molecule has 0 radical (unpaired) electrons. The Kier molecular flexibility index (Phi) is 5.26. The first-order valence-corrected chi connectivity index (χ1v) is 6.52. The molecule has 0 bridgehead atoms. The van der Waals surface area contributed by atoms with Gasteiger partial charge in [-0.15, -0.1) is 0 Å². The topological polar surface area (TPSA) is 38.3 Å². The predicted molar refractivity (Wildman–Crippen MR) is 75.6 cm³/mol. The van der Waals surface area contributed by atoms with Crippen molar-refractivity contribution in [3.8, 4) is 5.75 Å². The van der Waals surface area contributed by atoms with Gasteiger partial charge in [0.2, 0.25) is 0 Å². The molecule has 0 aliphatic heterocycles. The summed E-state index contributed by atoms with van der Waals surface area (Å²) in [6.07, 6.45) is 0.541. The van der Waals surface area contributed by atoms with Gasteiger partial charge in [0.25, 0.3) is 5.91 Å². The Morgan fingerprint density at radius 3 is 2.57 bits per heavy atom. The van der Waals surface area contributed by atoms with Crippen molar-refractivity contribution >= 4 is 5.91 Å². The van der Waals surface area contributed by atoms with Crippen LogP contribution in [0.4, 0.5) is 8.78 Å². The number of carbonyl (C=O) groups excluding carboxylic acids is 1. The molecule has 0 aliphatic carbocycles. The molecule has 0 saturated carbocycles. The number of carbonyl (C=O) groups is 1. The standard InChI is InChI=1S/C16H15F2NO2/c17-16(18)21-14-8-4-5-12(11-14)9-10-19-15(20)13-6-2-1-3-7-13/h1-8,11,16H,9-10H2,(H,19,20). The number of amides is 1. The molecular formula is C16H15F2NO2. The van der Waals surface area contributed by atoms with Crippen molar-refractivity contribution in [2.24, 2.45) is 0 Å². The molecule has 2 rings (SSSR count).